The van der Waals surface area contributed by atoms with E-state index in [2.05, 4.69) is 46.4 Å². The summed E-state index contributed by atoms with van der Waals surface area (Å²) in [5, 5.41) is 3.26. The first kappa shape index (κ1) is 21.7. The van der Waals surface area contributed by atoms with E-state index in [4.69, 9.17) is 9.72 Å². The van der Waals surface area contributed by atoms with Crippen molar-refractivity contribution in [2.24, 2.45) is 0 Å². The average molecular weight is 441 g/mol. The maximum absolute atomic E-state index is 5.92. The average Bonchev–Trinajstić information content (AvgIpc) is 3.29. The molecule has 33 heavy (non-hydrogen) atoms. The molecule has 2 N–H and O–H groups in total. The molecular formula is C28H32N4O. The van der Waals surface area contributed by atoms with Crippen molar-refractivity contribution in [3.05, 3.63) is 77.9 Å². The summed E-state index contributed by atoms with van der Waals surface area (Å²) in [7, 11) is 2.02. The molecule has 5 nitrogen and oxygen atoms in total. The lowest BCUT2D eigenvalue weighted by Gasteiger charge is -2.32. The molecule has 4 aromatic rings. The number of para-hydroxylation sites is 1. The first-order valence-electron chi connectivity index (χ1n) is 11.9. The second kappa shape index (κ2) is 9.77. The summed E-state index contributed by atoms with van der Waals surface area (Å²) in [6, 6.07) is 22.6. The highest BCUT2D eigenvalue weighted by atomic mass is 16.5. The van der Waals surface area contributed by atoms with Gasteiger partial charge in [0.05, 0.1) is 11.0 Å². The quantitative estimate of drug-likeness (QED) is 0.385. The molecule has 2 heterocycles. The number of aryl methyl sites for hydroxylation is 1. The lowest BCUT2D eigenvalue weighted by atomic mass is 9.88. The van der Waals surface area contributed by atoms with Crippen molar-refractivity contribution in [2.75, 3.05) is 33.2 Å². The molecule has 0 atom stereocenters. The Bertz CT molecular complexity index is 1190. The van der Waals surface area contributed by atoms with Gasteiger partial charge < -0.3 is 19.9 Å². The monoisotopic (exact) mass is 440 g/mol. The molecule has 3 aromatic carbocycles. The number of nitrogens with one attached hydrogen (secondary N) is 2. The van der Waals surface area contributed by atoms with E-state index in [1.54, 1.807) is 0 Å². The number of ether oxygens (including phenoxy) is 1. The maximum atomic E-state index is 5.92. The normalized spacial score (nSPS) is 15.2. The lowest BCUT2D eigenvalue weighted by Crippen LogP contribution is -2.37. The van der Waals surface area contributed by atoms with Crippen LogP contribution in [0.3, 0.4) is 0 Å². The fourth-order valence-electron chi connectivity index (χ4n) is 4.76. The largest absolute Gasteiger partial charge is 0.457 e. The summed E-state index contributed by atoms with van der Waals surface area (Å²) in [6.45, 7) is 6.73. The minimum atomic E-state index is 0.625. The van der Waals surface area contributed by atoms with Gasteiger partial charge in [-0.2, -0.15) is 0 Å². The number of likely N-dealkylation sites (N-methyl/N-ethyl adjacent to an activating group) is 1. The Hall–Kier alpha value is -3.15. The van der Waals surface area contributed by atoms with Crippen molar-refractivity contribution >= 4 is 11.0 Å². The Balaban J connectivity index is 1.32. The van der Waals surface area contributed by atoms with Crippen LogP contribution in [0.2, 0.25) is 0 Å². The third kappa shape index (κ3) is 4.95. The highest BCUT2D eigenvalue weighted by Gasteiger charge is 2.21. The third-order valence-electron chi connectivity index (χ3n) is 6.64. The number of piperidine rings is 1. The fourth-order valence-corrected chi connectivity index (χ4v) is 4.76. The molecule has 1 fully saturated rings. The van der Waals surface area contributed by atoms with E-state index >= 15 is 0 Å². The molecular weight excluding hydrogens is 408 g/mol. The van der Waals surface area contributed by atoms with Crippen LogP contribution in [0.5, 0.6) is 11.5 Å². The van der Waals surface area contributed by atoms with Crippen LogP contribution >= 0.6 is 0 Å². The highest BCUT2D eigenvalue weighted by molar-refractivity contribution is 5.83. The number of imidazole rings is 1. The molecule has 1 saturated heterocycles. The number of aromatic amines is 1. The number of nitrogens with zero attached hydrogens (tertiary/aromatic N) is 2. The number of H-pyrrole nitrogens is 1. The summed E-state index contributed by atoms with van der Waals surface area (Å²) in [6.07, 6.45) is 2.44. The Morgan fingerprint density at radius 2 is 1.73 bits per heavy atom. The number of aromatic nitrogens is 2. The minimum absolute atomic E-state index is 0.625. The molecule has 0 aliphatic carbocycles. The zero-order valence-corrected chi connectivity index (χ0v) is 19.5. The Kier molecular flexibility index (Phi) is 6.42. The van der Waals surface area contributed by atoms with Crippen LogP contribution in [0.15, 0.2) is 66.7 Å². The minimum Gasteiger partial charge on any atom is -0.457 e. The molecule has 0 amide bonds. The highest BCUT2D eigenvalue weighted by Crippen LogP contribution is 2.33. The molecule has 5 rings (SSSR count). The van der Waals surface area contributed by atoms with Crippen molar-refractivity contribution in [2.45, 2.75) is 25.7 Å². The van der Waals surface area contributed by atoms with Gasteiger partial charge >= 0.3 is 0 Å². The van der Waals surface area contributed by atoms with Crippen LogP contribution in [0.25, 0.3) is 22.4 Å². The van der Waals surface area contributed by atoms with E-state index in [9.17, 15) is 0 Å². The van der Waals surface area contributed by atoms with Gasteiger partial charge in [-0.3, -0.25) is 0 Å². The summed E-state index contributed by atoms with van der Waals surface area (Å²) < 4.78 is 5.92. The zero-order chi connectivity index (χ0) is 22.6. The van der Waals surface area contributed by atoms with Crippen LogP contribution in [-0.4, -0.2) is 48.1 Å². The molecule has 1 aliphatic rings. The number of likely N-dealkylation sites (tertiary alicyclic amines) is 1. The van der Waals surface area contributed by atoms with E-state index in [1.807, 2.05) is 49.5 Å². The standard InChI is InChI=1S/C28H32N4O/c1-20-18-23(21-12-15-32(16-13-21)17-14-29-2)19-26-27(20)31-28(30-26)22-8-10-25(11-9-22)33-24-6-4-3-5-7-24/h3-11,18-19,21,29H,12-17H2,1-2H3,(H,30,31). The number of fused-ring (bicyclic) bond motifs is 1. The van der Waals surface area contributed by atoms with Crippen LogP contribution in [0.4, 0.5) is 0 Å². The van der Waals surface area contributed by atoms with Gasteiger partial charge in [-0.15, -0.1) is 0 Å². The second-order valence-corrected chi connectivity index (χ2v) is 8.98. The SMILES string of the molecule is CNCCN1CCC(c2cc(C)c3nc(-c4ccc(Oc5ccccc5)cc4)[nH]c3c2)CC1. The number of rotatable bonds is 7. The fraction of sp³-hybridized carbons (Fsp3) is 0.321. The van der Waals surface area contributed by atoms with Gasteiger partial charge in [-0.25, -0.2) is 4.98 Å². The van der Waals surface area contributed by atoms with Gasteiger partial charge in [0.15, 0.2) is 0 Å². The number of hydrogen-bond acceptors (Lipinski definition) is 4. The molecule has 0 bridgehead atoms. The summed E-state index contributed by atoms with van der Waals surface area (Å²) >= 11 is 0. The molecule has 170 valence electrons. The first-order chi connectivity index (χ1) is 16.2. The molecule has 1 aromatic heterocycles. The van der Waals surface area contributed by atoms with Crippen LogP contribution in [0.1, 0.15) is 29.9 Å². The molecule has 0 unspecified atom stereocenters. The van der Waals surface area contributed by atoms with Gasteiger partial charge in [-0.1, -0.05) is 24.3 Å². The van der Waals surface area contributed by atoms with Gasteiger partial charge in [0.25, 0.3) is 0 Å². The van der Waals surface area contributed by atoms with Crippen molar-refractivity contribution in [3.8, 4) is 22.9 Å². The second-order valence-electron chi connectivity index (χ2n) is 8.98. The molecule has 5 heteroatoms. The van der Waals surface area contributed by atoms with Crippen molar-refractivity contribution in [1.29, 1.82) is 0 Å². The predicted molar refractivity (Wildman–Crippen MR) is 135 cm³/mol. The topological polar surface area (TPSA) is 53.2 Å². The van der Waals surface area contributed by atoms with E-state index in [-0.39, 0.29) is 0 Å². The Labute approximate surface area is 195 Å². The third-order valence-corrected chi connectivity index (χ3v) is 6.64. The molecule has 0 saturated carbocycles. The molecule has 0 spiro atoms. The predicted octanol–water partition coefficient (Wildman–Crippen LogP) is 5.73. The van der Waals surface area contributed by atoms with Gasteiger partial charge in [0.1, 0.15) is 17.3 Å². The van der Waals surface area contributed by atoms with Crippen LogP contribution in [0, 0.1) is 6.92 Å². The lowest BCUT2D eigenvalue weighted by molar-refractivity contribution is 0.214. The Morgan fingerprint density at radius 1 is 1.00 bits per heavy atom. The van der Waals surface area contributed by atoms with E-state index in [1.165, 1.54) is 37.1 Å². The van der Waals surface area contributed by atoms with Crippen molar-refractivity contribution in [1.82, 2.24) is 20.2 Å². The maximum Gasteiger partial charge on any atom is 0.138 e. The molecule has 1 aliphatic heterocycles. The summed E-state index contributed by atoms with van der Waals surface area (Å²) in [4.78, 5) is 11.1. The first-order valence-corrected chi connectivity index (χ1v) is 11.9. The van der Waals surface area contributed by atoms with Crippen LogP contribution in [-0.2, 0) is 0 Å². The van der Waals surface area contributed by atoms with Gasteiger partial charge in [-0.05, 0) is 99.4 Å². The molecule has 0 radical (unpaired) electrons. The summed E-state index contributed by atoms with van der Waals surface area (Å²) in [5.74, 6) is 3.18. The van der Waals surface area contributed by atoms with Crippen molar-refractivity contribution in [3.63, 3.8) is 0 Å². The number of benzene rings is 3. The Morgan fingerprint density at radius 3 is 2.45 bits per heavy atom. The van der Waals surface area contributed by atoms with E-state index in [0.29, 0.717) is 5.92 Å². The summed E-state index contributed by atoms with van der Waals surface area (Å²) in [5.41, 5.74) is 5.93. The smallest absolute Gasteiger partial charge is 0.138 e. The van der Waals surface area contributed by atoms with E-state index in [0.717, 1.165) is 47.0 Å². The number of hydrogen-bond donors (Lipinski definition) is 2. The van der Waals surface area contributed by atoms with Crippen LogP contribution < -0.4 is 10.1 Å². The zero-order valence-electron chi connectivity index (χ0n) is 19.5. The van der Waals surface area contributed by atoms with E-state index < -0.39 is 0 Å². The van der Waals surface area contributed by atoms with Crippen molar-refractivity contribution < 1.29 is 4.74 Å². The van der Waals surface area contributed by atoms with Gasteiger partial charge in [0, 0.05) is 18.7 Å². The van der Waals surface area contributed by atoms with Gasteiger partial charge in [0.2, 0.25) is 0 Å².